The summed E-state index contributed by atoms with van der Waals surface area (Å²) in [5.74, 6) is -2.75. The number of carbonyl (C=O) groups is 1. The van der Waals surface area contributed by atoms with Gasteiger partial charge in [-0.05, 0) is 48.6 Å². The predicted molar refractivity (Wildman–Crippen MR) is 113 cm³/mol. The van der Waals surface area contributed by atoms with Crippen molar-refractivity contribution < 1.29 is 18.7 Å². The molecule has 2 aromatic carbocycles. The van der Waals surface area contributed by atoms with Gasteiger partial charge in [-0.3, -0.25) is 14.3 Å². The second-order valence-corrected chi connectivity index (χ2v) is 8.36. The summed E-state index contributed by atoms with van der Waals surface area (Å²) in [6.07, 6.45) is 2.32. The molecule has 0 radical (unpaired) electrons. The van der Waals surface area contributed by atoms with Crippen LogP contribution >= 0.6 is 0 Å². The summed E-state index contributed by atoms with van der Waals surface area (Å²) in [4.78, 5) is 26.8. The Morgan fingerprint density at radius 3 is 2.72 bits per heavy atom. The van der Waals surface area contributed by atoms with E-state index in [2.05, 4.69) is 5.10 Å². The van der Waals surface area contributed by atoms with Gasteiger partial charge in [0, 0.05) is 12.5 Å². The molecule has 1 fully saturated rings. The monoisotopic (exact) mass is 437 g/mol. The van der Waals surface area contributed by atoms with Gasteiger partial charge in [0.25, 0.3) is 5.91 Å². The van der Waals surface area contributed by atoms with Gasteiger partial charge in [-0.15, -0.1) is 0 Å². The summed E-state index contributed by atoms with van der Waals surface area (Å²) >= 11 is 0. The van der Waals surface area contributed by atoms with Crippen LogP contribution in [0.25, 0.3) is 0 Å². The summed E-state index contributed by atoms with van der Waals surface area (Å²) in [5.41, 5.74) is 0.328. The van der Waals surface area contributed by atoms with E-state index in [0.717, 1.165) is 12.6 Å². The zero-order valence-corrected chi connectivity index (χ0v) is 17.3. The second-order valence-electron chi connectivity index (χ2n) is 8.36. The summed E-state index contributed by atoms with van der Waals surface area (Å²) in [7, 11) is 0. The van der Waals surface area contributed by atoms with E-state index in [4.69, 9.17) is 0 Å². The van der Waals surface area contributed by atoms with Crippen LogP contribution in [-0.2, 0) is 0 Å². The van der Waals surface area contributed by atoms with Crippen LogP contribution in [-0.4, -0.2) is 38.3 Å². The fraction of sp³-hybridized carbons (Fsp3) is 0.292. The number of aromatic nitrogens is 2. The SMILES string of the molecule is Cc1cccc(C(c2cccc(F)c2)[C@H]2[C@H]3CCCN3C(=O)c3c(O)c(=O)cnn32)c1F. The van der Waals surface area contributed by atoms with E-state index >= 15 is 4.39 Å². The third-order valence-electron chi connectivity index (χ3n) is 6.53. The van der Waals surface area contributed by atoms with Crippen molar-refractivity contribution in [2.24, 2.45) is 0 Å². The number of fused-ring (bicyclic) bond motifs is 2. The van der Waals surface area contributed by atoms with Crippen LogP contribution in [0.1, 0.15) is 52.0 Å². The Kier molecular flexibility index (Phi) is 4.80. The van der Waals surface area contributed by atoms with E-state index in [0.29, 0.717) is 29.7 Å². The predicted octanol–water partition coefficient (Wildman–Crippen LogP) is 3.53. The molecule has 8 heteroatoms. The van der Waals surface area contributed by atoms with E-state index in [1.807, 2.05) is 0 Å². The molecule has 1 aromatic heterocycles. The standard InChI is InChI=1S/C24H21F2N3O3/c1-13-5-2-8-16(20(13)26)19(14-6-3-7-15(25)11-14)21-17-9-4-10-28(17)24(32)22-23(31)18(30)12-27-29(21)22/h2-3,5-8,11-12,17,19,21,31H,4,9-10H2,1H3/t17-,19?,21-/m1/s1. The Morgan fingerprint density at radius 1 is 1.16 bits per heavy atom. The zero-order valence-electron chi connectivity index (χ0n) is 17.3. The number of nitrogens with zero attached hydrogens (tertiary/aromatic N) is 3. The van der Waals surface area contributed by atoms with Crippen LogP contribution in [0.3, 0.4) is 0 Å². The van der Waals surface area contributed by atoms with Gasteiger partial charge in [-0.25, -0.2) is 8.78 Å². The average molecular weight is 437 g/mol. The van der Waals surface area contributed by atoms with Gasteiger partial charge in [0.15, 0.2) is 11.4 Å². The number of halogens is 2. The summed E-state index contributed by atoms with van der Waals surface area (Å²) in [6, 6.07) is 9.98. The lowest BCUT2D eigenvalue weighted by Crippen LogP contribution is -2.51. The van der Waals surface area contributed by atoms with Crippen LogP contribution < -0.4 is 5.43 Å². The van der Waals surface area contributed by atoms with Gasteiger partial charge < -0.3 is 10.0 Å². The number of hydrogen-bond donors (Lipinski definition) is 1. The van der Waals surface area contributed by atoms with Gasteiger partial charge >= 0.3 is 0 Å². The number of aromatic hydroxyl groups is 1. The van der Waals surface area contributed by atoms with Crippen LogP contribution in [0, 0.1) is 18.6 Å². The summed E-state index contributed by atoms with van der Waals surface area (Å²) < 4.78 is 31.0. The lowest BCUT2D eigenvalue weighted by molar-refractivity contribution is 0.0564. The zero-order chi connectivity index (χ0) is 22.6. The van der Waals surface area contributed by atoms with Gasteiger partial charge in [-0.2, -0.15) is 5.10 Å². The van der Waals surface area contributed by atoms with Crippen LogP contribution in [0.5, 0.6) is 5.75 Å². The van der Waals surface area contributed by atoms with Crippen LogP contribution in [0.4, 0.5) is 8.78 Å². The molecule has 2 aliphatic rings. The maximum absolute atomic E-state index is 15.4. The molecule has 3 atom stereocenters. The Hall–Kier alpha value is -3.55. The molecule has 0 saturated carbocycles. The molecular formula is C24H21F2N3O3. The van der Waals surface area contributed by atoms with E-state index in [1.165, 1.54) is 16.8 Å². The highest BCUT2D eigenvalue weighted by Gasteiger charge is 2.48. The molecule has 5 rings (SSSR count). The summed E-state index contributed by atoms with van der Waals surface area (Å²) in [5, 5.41) is 14.7. The van der Waals surface area contributed by atoms with Crippen molar-refractivity contribution >= 4 is 5.91 Å². The first kappa shape index (κ1) is 20.4. The highest BCUT2D eigenvalue weighted by Crippen LogP contribution is 2.46. The highest BCUT2D eigenvalue weighted by atomic mass is 19.1. The van der Waals surface area contributed by atoms with Crippen molar-refractivity contribution in [3.05, 3.63) is 92.9 Å². The smallest absolute Gasteiger partial charge is 0.276 e. The number of carbonyl (C=O) groups excluding carboxylic acids is 1. The fourth-order valence-electron chi connectivity index (χ4n) is 5.12. The maximum Gasteiger partial charge on any atom is 0.276 e. The Labute approximate surface area is 182 Å². The van der Waals surface area contributed by atoms with Gasteiger partial charge in [-0.1, -0.05) is 30.3 Å². The number of aryl methyl sites for hydroxylation is 1. The lowest BCUT2D eigenvalue weighted by atomic mass is 9.79. The molecule has 1 amide bonds. The molecule has 3 heterocycles. The van der Waals surface area contributed by atoms with Gasteiger partial charge in [0.2, 0.25) is 5.43 Å². The minimum absolute atomic E-state index is 0.213. The van der Waals surface area contributed by atoms with Crippen LogP contribution in [0.15, 0.2) is 53.5 Å². The molecule has 0 bridgehead atoms. The third kappa shape index (κ3) is 3.01. The molecule has 164 valence electrons. The second kappa shape index (κ2) is 7.55. The number of benzene rings is 2. The number of hydrogen-bond acceptors (Lipinski definition) is 4. The van der Waals surface area contributed by atoms with E-state index in [9.17, 15) is 19.1 Å². The van der Waals surface area contributed by atoms with Crippen molar-refractivity contribution in [3.8, 4) is 5.75 Å². The molecule has 1 N–H and O–H groups in total. The maximum atomic E-state index is 15.4. The number of rotatable bonds is 3. The molecule has 3 aromatic rings. The van der Waals surface area contributed by atoms with Gasteiger partial charge in [0.05, 0.1) is 18.3 Å². The molecule has 32 heavy (non-hydrogen) atoms. The fourth-order valence-corrected chi connectivity index (χ4v) is 5.12. The largest absolute Gasteiger partial charge is 0.502 e. The van der Waals surface area contributed by atoms with Crippen LogP contribution in [0.2, 0.25) is 0 Å². The van der Waals surface area contributed by atoms with E-state index in [-0.39, 0.29) is 11.7 Å². The molecular weight excluding hydrogens is 416 g/mol. The average Bonchev–Trinajstić information content (AvgIpc) is 3.26. The van der Waals surface area contributed by atoms with E-state index in [1.54, 1.807) is 42.2 Å². The molecule has 1 unspecified atom stereocenters. The normalized spacial score (nSPS) is 20.7. The Morgan fingerprint density at radius 2 is 1.94 bits per heavy atom. The first-order valence-electron chi connectivity index (χ1n) is 10.5. The van der Waals surface area contributed by atoms with E-state index < -0.39 is 40.7 Å². The number of amides is 1. The summed E-state index contributed by atoms with van der Waals surface area (Å²) in [6.45, 7) is 2.11. The molecule has 0 aliphatic carbocycles. The van der Waals surface area contributed by atoms with Crippen molar-refractivity contribution in [2.45, 2.75) is 37.8 Å². The minimum atomic E-state index is -0.759. The molecule has 1 saturated heterocycles. The highest BCUT2D eigenvalue weighted by molar-refractivity contribution is 5.96. The lowest BCUT2D eigenvalue weighted by Gasteiger charge is -2.42. The van der Waals surface area contributed by atoms with Gasteiger partial charge in [0.1, 0.15) is 11.6 Å². The van der Waals surface area contributed by atoms with Crippen molar-refractivity contribution in [1.82, 2.24) is 14.7 Å². The van der Waals surface area contributed by atoms with Crippen molar-refractivity contribution in [3.63, 3.8) is 0 Å². The quantitative estimate of drug-likeness (QED) is 0.680. The first-order chi connectivity index (χ1) is 15.4. The topological polar surface area (TPSA) is 75.4 Å². The van der Waals surface area contributed by atoms with Crippen molar-refractivity contribution in [1.29, 1.82) is 0 Å². The minimum Gasteiger partial charge on any atom is -0.502 e. The third-order valence-corrected chi connectivity index (χ3v) is 6.53. The molecule has 2 aliphatic heterocycles. The molecule has 6 nitrogen and oxygen atoms in total. The van der Waals surface area contributed by atoms with Crippen molar-refractivity contribution in [2.75, 3.05) is 6.54 Å². The molecule has 0 spiro atoms. The first-order valence-corrected chi connectivity index (χ1v) is 10.5. The Bertz CT molecular complexity index is 1290. The Balaban J connectivity index is 1.82.